The highest BCUT2D eigenvalue weighted by atomic mass is 16.5. The largest absolute Gasteiger partial charge is 0.497 e. The Morgan fingerprint density at radius 1 is 0.742 bits per heavy atom. The number of anilines is 2. The van der Waals surface area contributed by atoms with Crippen molar-refractivity contribution in [1.29, 1.82) is 0 Å². The molecule has 6 nitrogen and oxygen atoms in total. The van der Waals surface area contributed by atoms with Gasteiger partial charge in [0.15, 0.2) is 13.1 Å². The molecule has 0 heterocycles. The summed E-state index contributed by atoms with van der Waals surface area (Å²) in [7, 11) is 1.60. The first kappa shape index (κ1) is 22.1. The minimum atomic E-state index is -0.137. The summed E-state index contributed by atoms with van der Waals surface area (Å²) in [6, 6.07) is 25.0. The quantitative estimate of drug-likeness (QED) is 0.500. The molecule has 0 aliphatic rings. The van der Waals surface area contributed by atoms with Crippen molar-refractivity contribution >= 4 is 23.2 Å². The molecular formula is C25H28N3O3+. The highest BCUT2D eigenvalue weighted by Crippen LogP contribution is 2.20. The van der Waals surface area contributed by atoms with Crippen molar-refractivity contribution in [2.45, 2.75) is 6.92 Å². The lowest BCUT2D eigenvalue weighted by Gasteiger charge is -2.17. The number of hydrogen-bond donors (Lipinski definition) is 3. The zero-order valence-electron chi connectivity index (χ0n) is 17.9. The van der Waals surface area contributed by atoms with Crippen molar-refractivity contribution in [3.8, 4) is 16.9 Å². The average Bonchev–Trinajstić information content (AvgIpc) is 2.80. The summed E-state index contributed by atoms with van der Waals surface area (Å²) in [6.07, 6.45) is 0. The van der Waals surface area contributed by atoms with E-state index in [1.54, 1.807) is 31.4 Å². The molecule has 1 unspecified atom stereocenters. The number of hydrogen-bond acceptors (Lipinski definition) is 3. The lowest BCUT2D eigenvalue weighted by molar-refractivity contribution is -0.881. The van der Waals surface area contributed by atoms with Crippen LogP contribution < -0.4 is 20.3 Å². The number of methoxy groups -OCH3 is 1. The molecule has 0 fully saturated rings. The van der Waals surface area contributed by atoms with Gasteiger partial charge in [0, 0.05) is 11.4 Å². The van der Waals surface area contributed by atoms with Gasteiger partial charge in [0.25, 0.3) is 11.8 Å². The lowest BCUT2D eigenvalue weighted by atomic mass is 10.1. The lowest BCUT2D eigenvalue weighted by Crippen LogP contribution is -3.13. The van der Waals surface area contributed by atoms with E-state index < -0.39 is 0 Å². The Labute approximate surface area is 182 Å². The summed E-state index contributed by atoms with van der Waals surface area (Å²) in [5, 5.41) is 5.77. The molecule has 6 heteroatoms. The molecule has 0 aliphatic carbocycles. The van der Waals surface area contributed by atoms with Crippen LogP contribution in [0.1, 0.15) is 6.92 Å². The second kappa shape index (κ2) is 10.9. The first-order valence-electron chi connectivity index (χ1n) is 10.3. The normalized spacial score (nSPS) is 11.4. The average molecular weight is 419 g/mol. The molecule has 0 radical (unpaired) electrons. The van der Waals surface area contributed by atoms with Crippen molar-refractivity contribution in [3.05, 3.63) is 78.9 Å². The molecule has 31 heavy (non-hydrogen) atoms. The van der Waals surface area contributed by atoms with Crippen molar-refractivity contribution in [1.82, 2.24) is 0 Å². The highest BCUT2D eigenvalue weighted by molar-refractivity contribution is 5.93. The SMILES string of the molecule is CC[NH+](CC(=O)Nc1ccc(OC)cc1)CC(=O)Nc1ccc(-c2ccccc2)cc1. The Morgan fingerprint density at radius 2 is 1.23 bits per heavy atom. The maximum atomic E-state index is 12.5. The van der Waals surface area contributed by atoms with Gasteiger partial charge in [0.05, 0.1) is 13.7 Å². The monoisotopic (exact) mass is 418 g/mol. The van der Waals surface area contributed by atoms with E-state index in [2.05, 4.69) is 10.6 Å². The number of amides is 2. The van der Waals surface area contributed by atoms with Crippen LogP contribution in [0.5, 0.6) is 5.75 Å². The van der Waals surface area contributed by atoms with Gasteiger partial charge in [0.1, 0.15) is 5.75 Å². The van der Waals surface area contributed by atoms with Gasteiger partial charge >= 0.3 is 0 Å². The van der Waals surface area contributed by atoms with Gasteiger partial charge < -0.3 is 20.3 Å². The molecule has 0 bridgehead atoms. The molecule has 3 aromatic rings. The van der Waals surface area contributed by atoms with Crippen molar-refractivity contribution < 1.29 is 19.2 Å². The van der Waals surface area contributed by atoms with Gasteiger partial charge in [-0.25, -0.2) is 0 Å². The van der Waals surface area contributed by atoms with Gasteiger partial charge in [-0.3, -0.25) is 9.59 Å². The van der Waals surface area contributed by atoms with Crippen molar-refractivity contribution in [3.63, 3.8) is 0 Å². The first-order chi connectivity index (χ1) is 15.1. The van der Waals surface area contributed by atoms with E-state index in [1.807, 2.05) is 61.5 Å². The molecule has 3 aromatic carbocycles. The van der Waals surface area contributed by atoms with E-state index in [0.29, 0.717) is 12.2 Å². The molecule has 0 saturated carbocycles. The minimum absolute atomic E-state index is 0.124. The predicted octanol–water partition coefficient (Wildman–Crippen LogP) is 2.84. The number of likely N-dealkylation sites (N-methyl/N-ethyl adjacent to an activating group) is 1. The maximum absolute atomic E-state index is 12.5. The Morgan fingerprint density at radius 3 is 1.71 bits per heavy atom. The van der Waals surface area contributed by atoms with Crippen molar-refractivity contribution in [2.24, 2.45) is 0 Å². The smallest absolute Gasteiger partial charge is 0.279 e. The van der Waals surface area contributed by atoms with Gasteiger partial charge in [-0.2, -0.15) is 0 Å². The second-order valence-electron chi connectivity index (χ2n) is 7.23. The summed E-state index contributed by atoms with van der Waals surface area (Å²) in [5.74, 6) is 0.468. The number of carbonyl (C=O) groups excluding carboxylic acids is 2. The summed E-state index contributed by atoms with van der Waals surface area (Å²) in [4.78, 5) is 25.7. The van der Waals surface area contributed by atoms with E-state index in [4.69, 9.17) is 4.74 Å². The Kier molecular flexibility index (Phi) is 7.79. The van der Waals surface area contributed by atoms with Gasteiger partial charge in [0.2, 0.25) is 0 Å². The molecule has 3 N–H and O–H groups in total. The third-order valence-electron chi connectivity index (χ3n) is 4.97. The maximum Gasteiger partial charge on any atom is 0.279 e. The minimum Gasteiger partial charge on any atom is -0.497 e. The summed E-state index contributed by atoms with van der Waals surface area (Å²) in [6.45, 7) is 3.05. The van der Waals surface area contributed by atoms with E-state index in [0.717, 1.165) is 27.5 Å². The zero-order chi connectivity index (χ0) is 22.1. The fourth-order valence-corrected chi connectivity index (χ4v) is 3.23. The molecule has 0 aromatic heterocycles. The topological polar surface area (TPSA) is 71.9 Å². The van der Waals surface area contributed by atoms with Crippen LogP contribution in [0, 0.1) is 0 Å². The summed E-state index contributed by atoms with van der Waals surface area (Å²) in [5.41, 5.74) is 3.66. The molecule has 0 spiro atoms. The van der Waals surface area contributed by atoms with Crippen LogP contribution >= 0.6 is 0 Å². The van der Waals surface area contributed by atoms with Crippen LogP contribution in [0.15, 0.2) is 78.9 Å². The second-order valence-corrected chi connectivity index (χ2v) is 7.23. The fourth-order valence-electron chi connectivity index (χ4n) is 3.23. The van der Waals surface area contributed by atoms with Gasteiger partial charge in [-0.1, -0.05) is 42.5 Å². The Bertz CT molecular complexity index is 987. The van der Waals surface area contributed by atoms with Gasteiger partial charge in [-0.15, -0.1) is 0 Å². The highest BCUT2D eigenvalue weighted by Gasteiger charge is 2.17. The Hall–Kier alpha value is -3.64. The number of carbonyl (C=O) groups is 2. The van der Waals surface area contributed by atoms with Crippen LogP contribution in [0.25, 0.3) is 11.1 Å². The number of rotatable bonds is 9. The summed E-state index contributed by atoms with van der Waals surface area (Å²) < 4.78 is 5.12. The fraction of sp³-hybridized carbons (Fsp3) is 0.200. The zero-order valence-corrected chi connectivity index (χ0v) is 17.9. The van der Waals surface area contributed by atoms with E-state index in [1.165, 1.54) is 0 Å². The first-order valence-corrected chi connectivity index (χ1v) is 10.3. The third-order valence-corrected chi connectivity index (χ3v) is 4.97. The van der Waals surface area contributed by atoms with Crippen LogP contribution in [0.3, 0.4) is 0 Å². The number of nitrogens with one attached hydrogen (secondary N) is 3. The molecule has 2 amide bonds. The number of quaternary nitrogens is 1. The molecule has 0 aliphatic heterocycles. The standard InChI is InChI=1S/C25H27N3O3/c1-3-28(18-25(30)27-22-13-15-23(31-2)16-14-22)17-24(29)26-21-11-9-20(10-12-21)19-7-5-4-6-8-19/h4-16H,3,17-18H2,1-2H3,(H,26,29)(H,27,30)/p+1. The van der Waals surface area contributed by atoms with Crippen molar-refractivity contribution in [2.75, 3.05) is 37.4 Å². The van der Waals surface area contributed by atoms with E-state index in [-0.39, 0.29) is 24.9 Å². The van der Waals surface area contributed by atoms with Gasteiger partial charge in [-0.05, 0) is 54.4 Å². The number of benzene rings is 3. The molecule has 160 valence electrons. The van der Waals surface area contributed by atoms with E-state index >= 15 is 0 Å². The molecule has 0 saturated heterocycles. The molecular weight excluding hydrogens is 390 g/mol. The van der Waals surface area contributed by atoms with Crippen LogP contribution in [-0.4, -0.2) is 38.6 Å². The third kappa shape index (κ3) is 6.69. The van der Waals surface area contributed by atoms with Crippen LogP contribution in [0.2, 0.25) is 0 Å². The Balaban J connectivity index is 1.50. The molecule has 1 atom stereocenters. The van der Waals surface area contributed by atoms with Crippen LogP contribution in [0.4, 0.5) is 11.4 Å². The van der Waals surface area contributed by atoms with E-state index in [9.17, 15) is 9.59 Å². The summed E-state index contributed by atoms with van der Waals surface area (Å²) >= 11 is 0. The molecule has 3 rings (SSSR count). The van der Waals surface area contributed by atoms with Crippen LogP contribution in [-0.2, 0) is 9.59 Å². The number of ether oxygens (including phenoxy) is 1. The predicted molar refractivity (Wildman–Crippen MR) is 123 cm³/mol.